The largest absolute Gasteiger partial charge is 0.444 e. The quantitative estimate of drug-likeness (QED) is 0.366. The van der Waals surface area contributed by atoms with Gasteiger partial charge in [0.15, 0.2) is 5.69 Å². The van der Waals surface area contributed by atoms with E-state index in [-0.39, 0.29) is 23.9 Å². The minimum atomic E-state index is -0.141. The molecule has 1 aliphatic rings. The zero-order valence-corrected chi connectivity index (χ0v) is 20.1. The summed E-state index contributed by atoms with van der Waals surface area (Å²) in [6.07, 6.45) is 5.79. The molecule has 0 aliphatic carbocycles. The van der Waals surface area contributed by atoms with Gasteiger partial charge in [-0.1, -0.05) is 36.4 Å². The molecule has 0 unspecified atom stereocenters. The predicted molar refractivity (Wildman–Crippen MR) is 131 cm³/mol. The van der Waals surface area contributed by atoms with Crippen LogP contribution in [0.2, 0.25) is 0 Å². The van der Waals surface area contributed by atoms with Crippen LogP contribution < -0.4 is 5.32 Å². The number of hydrogen-bond donors (Lipinski definition) is 1. The molecule has 0 saturated carbocycles. The van der Waals surface area contributed by atoms with E-state index in [1.807, 2.05) is 74.5 Å². The molecule has 2 aromatic carbocycles. The summed E-state index contributed by atoms with van der Waals surface area (Å²) in [5.74, 6) is 0.235. The van der Waals surface area contributed by atoms with E-state index in [1.165, 1.54) is 6.26 Å². The minimum absolute atomic E-state index is 0.0222. The third-order valence-corrected chi connectivity index (χ3v) is 6.19. The molecule has 4 rings (SSSR count). The summed E-state index contributed by atoms with van der Waals surface area (Å²) in [6, 6.07) is 15.6. The van der Waals surface area contributed by atoms with E-state index in [4.69, 9.17) is 4.42 Å². The number of carbonyl (C=O) groups is 2. The second-order valence-electron chi connectivity index (χ2n) is 7.89. The second-order valence-corrected chi connectivity index (χ2v) is 9.14. The molecule has 3 aromatic rings. The van der Waals surface area contributed by atoms with E-state index < -0.39 is 0 Å². The maximum absolute atomic E-state index is 12.8. The van der Waals surface area contributed by atoms with Crippen LogP contribution in [0.15, 0.2) is 71.4 Å². The Hall–Kier alpha value is -2.94. The molecule has 6 nitrogen and oxygen atoms in total. The third kappa shape index (κ3) is 5.09. The predicted octanol–water partition coefficient (Wildman–Crippen LogP) is 4.59. The number of nitrogens with zero attached hydrogens (tertiary/aromatic N) is 2. The summed E-state index contributed by atoms with van der Waals surface area (Å²) in [7, 11) is 0. The molecule has 0 radical (unpaired) electrons. The number of halogens is 1. The van der Waals surface area contributed by atoms with Crippen LogP contribution in [0.4, 0.5) is 0 Å². The fourth-order valence-electron chi connectivity index (χ4n) is 3.70. The van der Waals surface area contributed by atoms with Gasteiger partial charge >= 0.3 is 0 Å². The highest BCUT2D eigenvalue weighted by Crippen LogP contribution is 2.23. The average Bonchev–Trinajstić information content (AvgIpc) is 3.41. The number of rotatable bonds is 6. The highest BCUT2D eigenvalue weighted by Gasteiger charge is 2.29. The zero-order chi connectivity index (χ0) is 22.7. The Kier molecular flexibility index (Phi) is 6.74. The Balaban J connectivity index is 1.34. The number of aromatic nitrogens is 1. The van der Waals surface area contributed by atoms with Gasteiger partial charge in [-0.2, -0.15) is 0 Å². The molecule has 2 amide bonds. The van der Waals surface area contributed by atoms with Crippen molar-refractivity contribution in [1.29, 1.82) is 0 Å². The normalized spacial score (nSPS) is 17.5. The van der Waals surface area contributed by atoms with Crippen molar-refractivity contribution in [3.63, 3.8) is 0 Å². The lowest BCUT2D eigenvalue weighted by molar-refractivity contribution is -0.120. The van der Waals surface area contributed by atoms with Crippen LogP contribution in [0.25, 0.3) is 11.5 Å². The standard InChI is InChI=1S/C25H24IN3O3/c1-16-3-4-17(2)29(16)25(31)22-15-32-24(28-22)20-9-5-19(6-10-20)14-27-23(30)13-18-7-11-21(26)12-8-18/h3-12,15-17H,13-14H2,1-2H3,(H,27,30)/t16-,17-/m0/s1. The molecule has 0 saturated heterocycles. The van der Waals surface area contributed by atoms with Gasteiger partial charge in [0, 0.05) is 27.8 Å². The van der Waals surface area contributed by atoms with Crippen molar-refractivity contribution < 1.29 is 14.0 Å². The highest BCUT2D eigenvalue weighted by atomic mass is 127. The second kappa shape index (κ2) is 9.68. The zero-order valence-electron chi connectivity index (χ0n) is 17.9. The lowest BCUT2D eigenvalue weighted by atomic mass is 10.1. The number of oxazole rings is 1. The summed E-state index contributed by atoms with van der Waals surface area (Å²) in [6.45, 7) is 4.41. The molecule has 0 bridgehead atoms. The molecule has 2 heterocycles. The third-order valence-electron chi connectivity index (χ3n) is 5.47. The van der Waals surface area contributed by atoms with E-state index in [0.29, 0.717) is 24.6 Å². The molecule has 7 heteroatoms. The molecule has 1 aromatic heterocycles. The van der Waals surface area contributed by atoms with Crippen LogP contribution in [-0.4, -0.2) is 33.8 Å². The van der Waals surface area contributed by atoms with Crippen LogP contribution >= 0.6 is 22.6 Å². The maximum Gasteiger partial charge on any atom is 0.276 e. The Morgan fingerprint density at radius 1 is 1.00 bits per heavy atom. The first-order valence-corrected chi connectivity index (χ1v) is 11.6. The summed E-state index contributed by atoms with van der Waals surface area (Å²) in [4.78, 5) is 31.2. The number of carbonyl (C=O) groups excluding carboxylic acids is 2. The molecule has 164 valence electrons. The lowest BCUT2D eigenvalue weighted by Crippen LogP contribution is -2.39. The summed E-state index contributed by atoms with van der Waals surface area (Å²) in [5.41, 5.74) is 3.03. The first-order valence-electron chi connectivity index (χ1n) is 10.5. The van der Waals surface area contributed by atoms with Crippen molar-refractivity contribution in [2.75, 3.05) is 0 Å². The van der Waals surface area contributed by atoms with Crippen LogP contribution in [-0.2, 0) is 17.8 Å². The van der Waals surface area contributed by atoms with Crippen molar-refractivity contribution >= 4 is 34.4 Å². The van der Waals surface area contributed by atoms with Crippen LogP contribution in [0.3, 0.4) is 0 Å². The SMILES string of the molecule is C[C@H]1C=C[C@H](C)N1C(=O)c1coc(-c2ccc(CNC(=O)Cc3ccc(I)cc3)cc2)n1. The number of benzene rings is 2. The van der Waals surface area contributed by atoms with Gasteiger partial charge in [-0.3, -0.25) is 9.59 Å². The van der Waals surface area contributed by atoms with Crippen LogP contribution in [0.1, 0.15) is 35.5 Å². The molecule has 1 N–H and O–H groups in total. The summed E-state index contributed by atoms with van der Waals surface area (Å²) < 4.78 is 6.71. The first-order chi connectivity index (χ1) is 15.4. The van der Waals surface area contributed by atoms with Crippen molar-refractivity contribution in [3.8, 4) is 11.5 Å². The van der Waals surface area contributed by atoms with Gasteiger partial charge in [0.1, 0.15) is 6.26 Å². The van der Waals surface area contributed by atoms with Gasteiger partial charge in [0.2, 0.25) is 11.8 Å². The molecule has 32 heavy (non-hydrogen) atoms. The van der Waals surface area contributed by atoms with Crippen molar-refractivity contribution in [2.45, 2.75) is 38.9 Å². The topological polar surface area (TPSA) is 75.4 Å². The fourth-order valence-corrected chi connectivity index (χ4v) is 4.06. The number of amides is 2. The summed E-state index contributed by atoms with van der Waals surface area (Å²) >= 11 is 2.24. The molecule has 1 aliphatic heterocycles. The minimum Gasteiger partial charge on any atom is -0.444 e. The van der Waals surface area contributed by atoms with E-state index >= 15 is 0 Å². The van der Waals surface area contributed by atoms with E-state index in [1.54, 1.807) is 4.90 Å². The molecular formula is C25H24IN3O3. The molecular weight excluding hydrogens is 517 g/mol. The van der Waals surface area contributed by atoms with Crippen LogP contribution in [0.5, 0.6) is 0 Å². The van der Waals surface area contributed by atoms with Gasteiger partial charge in [0.05, 0.1) is 6.42 Å². The molecule has 2 atom stereocenters. The van der Waals surface area contributed by atoms with E-state index in [2.05, 4.69) is 32.9 Å². The van der Waals surface area contributed by atoms with Crippen molar-refractivity contribution in [1.82, 2.24) is 15.2 Å². The Labute approximate surface area is 200 Å². The van der Waals surface area contributed by atoms with Gasteiger partial charge in [-0.25, -0.2) is 4.98 Å². The fraction of sp³-hybridized carbons (Fsp3) is 0.240. The molecule has 0 fully saturated rings. The summed E-state index contributed by atoms with van der Waals surface area (Å²) in [5, 5.41) is 2.94. The number of nitrogens with one attached hydrogen (secondary N) is 1. The van der Waals surface area contributed by atoms with E-state index in [0.717, 1.165) is 20.3 Å². The number of hydrogen-bond acceptors (Lipinski definition) is 4. The first kappa shape index (κ1) is 22.3. The van der Waals surface area contributed by atoms with Crippen LogP contribution in [0, 0.1) is 3.57 Å². The maximum atomic E-state index is 12.8. The Bertz CT molecular complexity index is 1120. The lowest BCUT2D eigenvalue weighted by Gasteiger charge is -2.25. The van der Waals surface area contributed by atoms with E-state index in [9.17, 15) is 9.59 Å². The Morgan fingerprint density at radius 3 is 2.28 bits per heavy atom. The highest BCUT2D eigenvalue weighted by molar-refractivity contribution is 14.1. The Morgan fingerprint density at radius 2 is 1.62 bits per heavy atom. The average molecular weight is 541 g/mol. The van der Waals surface area contributed by atoms with Gasteiger partial charge < -0.3 is 14.6 Å². The van der Waals surface area contributed by atoms with Gasteiger partial charge in [-0.15, -0.1) is 0 Å². The van der Waals surface area contributed by atoms with Crippen molar-refractivity contribution in [2.24, 2.45) is 0 Å². The monoisotopic (exact) mass is 541 g/mol. The van der Waals surface area contributed by atoms with Crippen molar-refractivity contribution in [3.05, 3.63) is 87.3 Å². The van der Waals surface area contributed by atoms with Gasteiger partial charge in [-0.05, 0) is 71.8 Å². The smallest absolute Gasteiger partial charge is 0.276 e. The van der Waals surface area contributed by atoms with Gasteiger partial charge in [0.25, 0.3) is 5.91 Å². The molecule has 0 spiro atoms.